The smallest absolute Gasteiger partial charge is 0.271 e. The van der Waals surface area contributed by atoms with Crippen LogP contribution in [-0.4, -0.2) is 58.1 Å². The average molecular weight is 340 g/mol. The maximum absolute atomic E-state index is 12.8. The number of fused-ring (bicyclic) bond motifs is 1. The number of hydrogen-bond donors (Lipinski definition) is 1. The maximum Gasteiger partial charge on any atom is 0.271 e. The summed E-state index contributed by atoms with van der Waals surface area (Å²) in [6.07, 6.45) is 0.915. The van der Waals surface area contributed by atoms with Gasteiger partial charge in [-0.15, -0.1) is 0 Å². The van der Waals surface area contributed by atoms with Crippen molar-refractivity contribution in [2.24, 2.45) is 11.8 Å². The number of aromatic nitrogens is 2. The number of amides is 2. The molecule has 2 aliphatic heterocycles. The zero-order valence-corrected chi connectivity index (χ0v) is 14.0. The topological polar surface area (TPSA) is 78.4 Å². The van der Waals surface area contributed by atoms with Gasteiger partial charge < -0.3 is 9.80 Å². The van der Waals surface area contributed by atoms with Crippen LogP contribution >= 0.6 is 0 Å². The first-order valence-corrected chi connectivity index (χ1v) is 8.46. The normalized spacial score (nSPS) is 23.0. The van der Waals surface area contributed by atoms with Crippen LogP contribution in [-0.2, 0) is 4.79 Å². The summed E-state index contributed by atoms with van der Waals surface area (Å²) in [7, 11) is 1.81. The third-order valence-electron chi connectivity index (χ3n) is 5.22. The second-order valence-corrected chi connectivity index (χ2v) is 6.80. The van der Waals surface area contributed by atoms with Crippen LogP contribution in [0.2, 0.25) is 0 Å². The predicted molar refractivity (Wildman–Crippen MR) is 91.5 cm³/mol. The summed E-state index contributed by atoms with van der Waals surface area (Å²) in [5.74, 6) is -0.0141. The number of para-hydroxylation sites is 1. The van der Waals surface area contributed by atoms with E-state index in [9.17, 15) is 14.4 Å². The van der Waals surface area contributed by atoms with Crippen molar-refractivity contribution in [3.8, 4) is 5.69 Å². The fraction of sp³-hybridized carbons (Fsp3) is 0.389. The molecule has 2 fully saturated rings. The summed E-state index contributed by atoms with van der Waals surface area (Å²) in [5, 5.41) is 2.89. The number of likely N-dealkylation sites (tertiary alicyclic amines) is 2. The van der Waals surface area contributed by atoms with Gasteiger partial charge in [-0.1, -0.05) is 18.2 Å². The third-order valence-corrected chi connectivity index (χ3v) is 5.22. The van der Waals surface area contributed by atoms with Crippen molar-refractivity contribution < 1.29 is 9.59 Å². The van der Waals surface area contributed by atoms with Gasteiger partial charge in [0.1, 0.15) is 5.69 Å². The second-order valence-electron chi connectivity index (χ2n) is 6.80. The zero-order chi connectivity index (χ0) is 17.6. The Balaban J connectivity index is 1.57. The Kier molecular flexibility index (Phi) is 3.71. The Bertz CT molecular complexity index is 870. The highest BCUT2D eigenvalue weighted by Crippen LogP contribution is 2.32. The Morgan fingerprint density at radius 2 is 1.92 bits per heavy atom. The van der Waals surface area contributed by atoms with E-state index in [1.54, 1.807) is 29.0 Å². The molecule has 1 aromatic heterocycles. The average Bonchev–Trinajstić information content (AvgIpc) is 3.23. The summed E-state index contributed by atoms with van der Waals surface area (Å²) in [5.41, 5.74) is 0.661. The molecule has 1 aromatic carbocycles. The molecule has 2 saturated heterocycles. The van der Waals surface area contributed by atoms with Gasteiger partial charge in [0.25, 0.3) is 11.5 Å². The van der Waals surface area contributed by atoms with E-state index in [0.717, 1.165) is 13.0 Å². The quantitative estimate of drug-likeness (QED) is 0.875. The molecule has 2 atom stereocenters. The van der Waals surface area contributed by atoms with E-state index in [4.69, 9.17) is 0 Å². The largest absolute Gasteiger partial charge is 0.345 e. The number of aromatic amines is 1. The highest BCUT2D eigenvalue weighted by Gasteiger charge is 2.43. The second kappa shape index (κ2) is 5.91. The Labute approximate surface area is 144 Å². The lowest BCUT2D eigenvalue weighted by Gasteiger charge is -2.30. The standard InChI is InChI=1S/C18H20N4O3/c1-20-8-7-12-10-21(11-14(12)17(20)24)18(25)15-9-16(23)22(19-15)13-5-3-2-4-6-13/h2-6,9,12,14,19H,7-8,10-11H2,1H3/t12-,14+/m1/s1. The van der Waals surface area contributed by atoms with E-state index >= 15 is 0 Å². The van der Waals surface area contributed by atoms with E-state index in [0.29, 0.717) is 18.8 Å². The number of rotatable bonds is 2. The molecule has 7 nitrogen and oxygen atoms in total. The van der Waals surface area contributed by atoms with Crippen LogP contribution in [0.15, 0.2) is 41.2 Å². The van der Waals surface area contributed by atoms with Gasteiger partial charge in [0, 0.05) is 32.7 Å². The van der Waals surface area contributed by atoms with Crippen LogP contribution in [0.5, 0.6) is 0 Å². The molecule has 25 heavy (non-hydrogen) atoms. The van der Waals surface area contributed by atoms with E-state index < -0.39 is 0 Å². The molecule has 0 spiro atoms. The Morgan fingerprint density at radius 1 is 1.16 bits per heavy atom. The lowest BCUT2D eigenvalue weighted by Crippen LogP contribution is -2.42. The number of nitrogens with one attached hydrogen (secondary N) is 1. The molecular weight excluding hydrogens is 320 g/mol. The first-order chi connectivity index (χ1) is 12.0. The van der Waals surface area contributed by atoms with Gasteiger partial charge in [-0.3, -0.25) is 19.5 Å². The molecule has 0 unspecified atom stereocenters. The van der Waals surface area contributed by atoms with Gasteiger partial charge in [0.2, 0.25) is 5.91 Å². The Morgan fingerprint density at radius 3 is 2.68 bits per heavy atom. The van der Waals surface area contributed by atoms with Crippen molar-refractivity contribution in [1.82, 2.24) is 19.6 Å². The first kappa shape index (κ1) is 15.7. The molecule has 130 valence electrons. The van der Waals surface area contributed by atoms with Crippen LogP contribution < -0.4 is 5.56 Å². The molecule has 7 heteroatoms. The zero-order valence-electron chi connectivity index (χ0n) is 14.0. The molecule has 4 rings (SSSR count). The maximum atomic E-state index is 12.8. The molecule has 0 bridgehead atoms. The molecule has 2 amide bonds. The van der Waals surface area contributed by atoms with Crippen molar-refractivity contribution in [1.29, 1.82) is 0 Å². The molecule has 1 N–H and O–H groups in total. The SMILES string of the molecule is CN1CC[C@@H]2CN(C(=O)c3cc(=O)n(-c4ccccc4)[nH]3)C[C@@H]2C1=O. The number of H-pyrrole nitrogens is 1. The van der Waals surface area contributed by atoms with Crippen molar-refractivity contribution in [2.75, 3.05) is 26.7 Å². The fourth-order valence-electron chi connectivity index (χ4n) is 3.81. The van der Waals surface area contributed by atoms with E-state index in [1.807, 2.05) is 18.2 Å². The lowest BCUT2D eigenvalue weighted by molar-refractivity contribution is -0.137. The molecular formula is C18H20N4O3. The van der Waals surface area contributed by atoms with E-state index in [1.165, 1.54) is 10.7 Å². The van der Waals surface area contributed by atoms with Crippen LogP contribution in [0.25, 0.3) is 5.69 Å². The summed E-state index contributed by atoms with van der Waals surface area (Å²) < 4.78 is 1.36. The van der Waals surface area contributed by atoms with Crippen molar-refractivity contribution >= 4 is 11.8 Å². The van der Waals surface area contributed by atoms with E-state index in [-0.39, 0.29) is 34.9 Å². The number of hydrogen-bond acceptors (Lipinski definition) is 3. The number of benzene rings is 1. The van der Waals surface area contributed by atoms with Crippen molar-refractivity contribution in [3.05, 3.63) is 52.4 Å². The number of nitrogens with zero attached hydrogens (tertiary/aromatic N) is 3. The molecule has 0 radical (unpaired) electrons. The molecule has 3 heterocycles. The summed E-state index contributed by atoms with van der Waals surface area (Å²) in [6.45, 7) is 1.73. The summed E-state index contributed by atoms with van der Waals surface area (Å²) >= 11 is 0. The van der Waals surface area contributed by atoms with E-state index in [2.05, 4.69) is 5.10 Å². The fourth-order valence-corrected chi connectivity index (χ4v) is 3.81. The van der Waals surface area contributed by atoms with Gasteiger partial charge in [-0.2, -0.15) is 0 Å². The van der Waals surface area contributed by atoms with Gasteiger partial charge in [0.05, 0.1) is 11.6 Å². The van der Waals surface area contributed by atoms with Gasteiger partial charge >= 0.3 is 0 Å². The Hall–Kier alpha value is -2.83. The van der Waals surface area contributed by atoms with Crippen molar-refractivity contribution in [2.45, 2.75) is 6.42 Å². The van der Waals surface area contributed by atoms with Crippen LogP contribution in [0.1, 0.15) is 16.9 Å². The highest BCUT2D eigenvalue weighted by molar-refractivity contribution is 5.93. The van der Waals surface area contributed by atoms with Gasteiger partial charge in [-0.25, -0.2) is 4.68 Å². The van der Waals surface area contributed by atoms with Crippen molar-refractivity contribution in [3.63, 3.8) is 0 Å². The van der Waals surface area contributed by atoms with Crippen LogP contribution in [0, 0.1) is 11.8 Å². The monoisotopic (exact) mass is 340 g/mol. The first-order valence-electron chi connectivity index (χ1n) is 8.46. The number of piperidine rings is 1. The van der Waals surface area contributed by atoms with Gasteiger partial charge in [0.15, 0.2) is 0 Å². The molecule has 2 aromatic rings. The lowest BCUT2D eigenvalue weighted by atomic mass is 9.88. The predicted octanol–water partition coefficient (Wildman–Crippen LogP) is 0.716. The molecule has 0 aliphatic carbocycles. The summed E-state index contributed by atoms with van der Waals surface area (Å²) in [4.78, 5) is 40.7. The minimum Gasteiger partial charge on any atom is -0.345 e. The minimum absolute atomic E-state index is 0.113. The minimum atomic E-state index is -0.276. The number of carbonyl (C=O) groups excluding carboxylic acids is 2. The summed E-state index contributed by atoms with van der Waals surface area (Å²) in [6, 6.07) is 10.4. The van der Waals surface area contributed by atoms with Crippen LogP contribution in [0.3, 0.4) is 0 Å². The number of carbonyl (C=O) groups is 2. The van der Waals surface area contributed by atoms with Gasteiger partial charge in [-0.05, 0) is 24.5 Å². The van der Waals surface area contributed by atoms with Crippen LogP contribution in [0.4, 0.5) is 0 Å². The molecule has 2 aliphatic rings. The highest BCUT2D eigenvalue weighted by atomic mass is 16.2. The molecule has 0 saturated carbocycles. The third kappa shape index (κ3) is 2.65.